The minimum Gasteiger partial charge on any atom is -0.493 e. The zero-order valence-corrected chi connectivity index (χ0v) is 8.79. The summed E-state index contributed by atoms with van der Waals surface area (Å²) in [4.78, 5) is 0. The first-order valence-electron chi connectivity index (χ1n) is 5.19. The van der Waals surface area contributed by atoms with E-state index in [1.54, 1.807) is 0 Å². The van der Waals surface area contributed by atoms with Crippen LogP contribution in [0.5, 0.6) is 5.75 Å². The molecule has 0 fully saturated rings. The van der Waals surface area contributed by atoms with E-state index in [-0.39, 0.29) is 6.04 Å². The number of hydrogen-bond acceptors (Lipinski definition) is 2. The van der Waals surface area contributed by atoms with Crippen molar-refractivity contribution in [3.63, 3.8) is 0 Å². The molecule has 0 unspecified atom stereocenters. The molecule has 76 valence electrons. The molecule has 1 atom stereocenters. The monoisotopic (exact) mass is 191 g/mol. The van der Waals surface area contributed by atoms with Gasteiger partial charge in [-0.2, -0.15) is 0 Å². The van der Waals surface area contributed by atoms with Crippen LogP contribution in [-0.4, -0.2) is 6.61 Å². The second-order valence-electron chi connectivity index (χ2n) is 4.24. The normalized spacial score (nSPS) is 16.6. The number of hydrogen-bond donors (Lipinski definition) is 1. The van der Waals surface area contributed by atoms with Crippen LogP contribution in [0.15, 0.2) is 18.2 Å². The minimum atomic E-state index is 0.140. The molecule has 2 nitrogen and oxygen atoms in total. The van der Waals surface area contributed by atoms with Gasteiger partial charge in [-0.15, -0.1) is 0 Å². The van der Waals surface area contributed by atoms with E-state index < -0.39 is 0 Å². The van der Waals surface area contributed by atoms with Crippen LogP contribution in [0.1, 0.15) is 31.0 Å². The Bertz CT molecular complexity index is 333. The molecule has 2 heteroatoms. The summed E-state index contributed by atoms with van der Waals surface area (Å²) >= 11 is 0. The molecular weight excluding hydrogens is 174 g/mol. The first kappa shape index (κ1) is 9.53. The molecule has 0 radical (unpaired) electrons. The van der Waals surface area contributed by atoms with E-state index in [1.165, 1.54) is 11.1 Å². The lowest BCUT2D eigenvalue weighted by Crippen LogP contribution is -2.16. The first-order valence-corrected chi connectivity index (χ1v) is 5.19. The molecule has 1 aliphatic heterocycles. The zero-order chi connectivity index (χ0) is 10.1. The van der Waals surface area contributed by atoms with E-state index in [2.05, 4.69) is 26.0 Å². The highest BCUT2D eigenvalue weighted by Crippen LogP contribution is 2.29. The number of ether oxygens (including phenoxy) is 1. The second-order valence-corrected chi connectivity index (χ2v) is 4.24. The standard InChI is InChI=1S/C12H17NO/c1-8(2)12(13)10-3-4-11-9(7-10)5-6-14-11/h3-4,7-8,12H,5-6,13H2,1-2H3/t12-/m0/s1. The highest BCUT2D eigenvalue weighted by molar-refractivity contribution is 5.40. The van der Waals surface area contributed by atoms with E-state index in [1.807, 2.05) is 6.07 Å². The molecule has 2 rings (SSSR count). The molecule has 1 aromatic carbocycles. The highest BCUT2D eigenvalue weighted by Gasteiger charge is 2.16. The van der Waals surface area contributed by atoms with Crippen LogP contribution in [-0.2, 0) is 6.42 Å². The van der Waals surface area contributed by atoms with Crippen LogP contribution >= 0.6 is 0 Å². The van der Waals surface area contributed by atoms with Gasteiger partial charge in [-0.05, 0) is 23.1 Å². The Balaban J connectivity index is 2.28. The molecule has 1 aliphatic rings. The van der Waals surface area contributed by atoms with Gasteiger partial charge in [-0.25, -0.2) is 0 Å². The summed E-state index contributed by atoms with van der Waals surface area (Å²) in [6.07, 6.45) is 1.02. The van der Waals surface area contributed by atoms with Crippen LogP contribution in [0.25, 0.3) is 0 Å². The molecule has 0 spiro atoms. The van der Waals surface area contributed by atoms with Gasteiger partial charge in [0.1, 0.15) is 5.75 Å². The Kier molecular flexibility index (Phi) is 2.46. The minimum absolute atomic E-state index is 0.140. The summed E-state index contributed by atoms with van der Waals surface area (Å²) in [7, 11) is 0. The molecule has 0 amide bonds. The summed E-state index contributed by atoms with van der Waals surface area (Å²) in [6, 6.07) is 6.45. The number of rotatable bonds is 2. The molecule has 0 aromatic heterocycles. The third-order valence-electron chi connectivity index (χ3n) is 2.82. The van der Waals surface area contributed by atoms with Crippen LogP contribution < -0.4 is 10.5 Å². The van der Waals surface area contributed by atoms with Crippen molar-refractivity contribution in [1.29, 1.82) is 0 Å². The Hall–Kier alpha value is -1.02. The quantitative estimate of drug-likeness (QED) is 0.778. The molecule has 0 saturated carbocycles. The Morgan fingerprint density at radius 3 is 2.86 bits per heavy atom. The maximum Gasteiger partial charge on any atom is 0.122 e. The van der Waals surface area contributed by atoms with Gasteiger partial charge < -0.3 is 10.5 Å². The average Bonchev–Trinajstić information content (AvgIpc) is 2.62. The number of nitrogens with two attached hydrogens (primary N) is 1. The third-order valence-corrected chi connectivity index (χ3v) is 2.82. The SMILES string of the molecule is CC(C)[C@H](N)c1ccc2c(c1)CCO2. The summed E-state index contributed by atoms with van der Waals surface area (Å²) in [5.74, 6) is 1.51. The predicted octanol–water partition coefficient (Wildman–Crippen LogP) is 2.28. The van der Waals surface area contributed by atoms with Gasteiger partial charge in [0.15, 0.2) is 0 Å². The van der Waals surface area contributed by atoms with Crippen LogP contribution in [0.2, 0.25) is 0 Å². The Morgan fingerprint density at radius 1 is 1.36 bits per heavy atom. The zero-order valence-electron chi connectivity index (χ0n) is 8.79. The van der Waals surface area contributed by atoms with Gasteiger partial charge in [0.05, 0.1) is 6.61 Å². The molecule has 14 heavy (non-hydrogen) atoms. The van der Waals surface area contributed by atoms with Gasteiger partial charge in [-0.1, -0.05) is 26.0 Å². The summed E-state index contributed by atoms with van der Waals surface area (Å²) < 4.78 is 5.45. The van der Waals surface area contributed by atoms with E-state index in [0.717, 1.165) is 18.8 Å². The van der Waals surface area contributed by atoms with E-state index in [0.29, 0.717) is 5.92 Å². The number of benzene rings is 1. The van der Waals surface area contributed by atoms with Crippen LogP contribution in [0.4, 0.5) is 0 Å². The topological polar surface area (TPSA) is 35.2 Å². The maximum absolute atomic E-state index is 6.09. The van der Waals surface area contributed by atoms with Gasteiger partial charge in [-0.3, -0.25) is 0 Å². The first-order chi connectivity index (χ1) is 6.68. The molecule has 2 N–H and O–H groups in total. The molecule has 1 aromatic rings. The molecule has 0 aliphatic carbocycles. The average molecular weight is 191 g/mol. The van der Waals surface area contributed by atoms with Crippen molar-refractivity contribution in [2.24, 2.45) is 11.7 Å². The van der Waals surface area contributed by atoms with Gasteiger partial charge in [0, 0.05) is 12.5 Å². The van der Waals surface area contributed by atoms with E-state index >= 15 is 0 Å². The predicted molar refractivity (Wildman–Crippen MR) is 57.4 cm³/mol. The van der Waals surface area contributed by atoms with Gasteiger partial charge in [0.25, 0.3) is 0 Å². The van der Waals surface area contributed by atoms with Crippen molar-refractivity contribution in [3.8, 4) is 5.75 Å². The van der Waals surface area contributed by atoms with Crippen LogP contribution in [0.3, 0.4) is 0 Å². The molecular formula is C12H17NO. The van der Waals surface area contributed by atoms with Crippen molar-refractivity contribution < 1.29 is 4.74 Å². The summed E-state index contributed by atoms with van der Waals surface area (Å²) in [5.41, 5.74) is 8.62. The Labute approximate surface area is 85.1 Å². The van der Waals surface area contributed by atoms with Crippen molar-refractivity contribution in [3.05, 3.63) is 29.3 Å². The van der Waals surface area contributed by atoms with Crippen molar-refractivity contribution in [2.45, 2.75) is 26.3 Å². The summed E-state index contributed by atoms with van der Waals surface area (Å²) in [6.45, 7) is 5.11. The molecule has 1 heterocycles. The van der Waals surface area contributed by atoms with Crippen molar-refractivity contribution in [1.82, 2.24) is 0 Å². The number of fused-ring (bicyclic) bond motifs is 1. The third kappa shape index (κ3) is 1.62. The van der Waals surface area contributed by atoms with E-state index in [4.69, 9.17) is 10.5 Å². The van der Waals surface area contributed by atoms with Crippen LogP contribution in [0, 0.1) is 5.92 Å². The van der Waals surface area contributed by atoms with Gasteiger partial charge >= 0.3 is 0 Å². The van der Waals surface area contributed by atoms with Crippen molar-refractivity contribution in [2.75, 3.05) is 6.61 Å². The largest absolute Gasteiger partial charge is 0.493 e. The fourth-order valence-corrected chi connectivity index (χ4v) is 1.80. The van der Waals surface area contributed by atoms with E-state index in [9.17, 15) is 0 Å². The lowest BCUT2D eigenvalue weighted by atomic mass is 9.95. The fourth-order valence-electron chi connectivity index (χ4n) is 1.80. The molecule has 0 bridgehead atoms. The second kappa shape index (κ2) is 3.62. The van der Waals surface area contributed by atoms with Crippen molar-refractivity contribution >= 4 is 0 Å². The van der Waals surface area contributed by atoms with Gasteiger partial charge in [0.2, 0.25) is 0 Å². The fraction of sp³-hybridized carbons (Fsp3) is 0.500. The lowest BCUT2D eigenvalue weighted by molar-refractivity contribution is 0.356. The smallest absolute Gasteiger partial charge is 0.122 e. The highest BCUT2D eigenvalue weighted by atomic mass is 16.5. The maximum atomic E-state index is 6.09. The molecule has 0 saturated heterocycles. The lowest BCUT2D eigenvalue weighted by Gasteiger charge is -2.16. The summed E-state index contributed by atoms with van der Waals surface area (Å²) in [5, 5.41) is 0. The Morgan fingerprint density at radius 2 is 2.14 bits per heavy atom.